The number of rotatable bonds is 4. The molecular weight excluding hydrogens is 297 g/mol. The van der Waals surface area contributed by atoms with Crippen LogP contribution < -0.4 is 20.9 Å². The number of halogens is 1. The van der Waals surface area contributed by atoms with Gasteiger partial charge in [-0.2, -0.15) is 0 Å². The summed E-state index contributed by atoms with van der Waals surface area (Å²) in [4.78, 5) is 0. The maximum Gasteiger partial charge on any atom is 0.155 e. The molecule has 0 radical (unpaired) electrons. The van der Waals surface area contributed by atoms with Crippen LogP contribution in [-0.2, 0) is 0 Å². The van der Waals surface area contributed by atoms with Crippen LogP contribution in [0.15, 0.2) is 42.5 Å². The lowest BCUT2D eigenvalue weighted by atomic mass is 10.0. The fourth-order valence-electron chi connectivity index (χ4n) is 2.70. The molecular formula is C17H20FN3O2. The van der Waals surface area contributed by atoms with Crippen molar-refractivity contribution in [2.75, 3.05) is 12.4 Å². The number of aromatic hydroxyl groups is 1. The van der Waals surface area contributed by atoms with E-state index in [1.807, 2.05) is 31.2 Å². The highest BCUT2D eigenvalue weighted by molar-refractivity contribution is 5.54. The Bertz CT molecular complexity index is 678. The van der Waals surface area contributed by atoms with Crippen molar-refractivity contribution < 1.29 is 14.2 Å². The number of alkyl halides is 1. The zero-order chi connectivity index (χ0) is 16.4. The van der Waals surface area contributed by atoms with Gasteiger partial charge < -0.3 is 15.2 Å². The van der Waals surface area contributed by atoms with Crippen molar-refractivity contribution in [3.05, 3.63) is 53.6 Å². The van der Waals surface area contributed by atoms with Crippen molar-refractivity contribution in [1.29, 1.82) is 0 Å². The fourth-order valence-corrected chi connectivity index (χ4v) is 2.70. The molecule has 0 aromatic heterocycles. The van der Waals surface area contributed by atoms with Crippen molar-refractivity contribution in [2.45, 2.75) is 25.3 Å². The molecule has 0 amide bonds. The number of hydrazine groups is 1. The molecule has 1 heterocycles. The molecule has 2 aromatic carbocycles. The van der Waals surface area contributed by atoms with E-state index in [-0.39, 0.29) is 5.75 Å². The number of benzene rings is 2. The molecule has 0 spiro atoms. The van der Waals surface area contributed by atoms with Gasteiger partial charge in [0.05, 0.1) is 13.2 Å². The highest BCUT2D eigenvalue weighted by Crippen LogP contribution is 2.29. The van der Waals surface area contributed by atoms with E-state index in [4.69, 9.17) is 4.74 Å². The summed E-state index contributed by atoms with van der Waals surface area (Å²) in [7, 11) is 1.60. The first-order chi connectivity index (χ1) is 11.1. The third-order valence-corrected chi connectivity index (χ3v) is 4.03. The average molecular weight is 317 g/mol. The first-order valence-corrected chi connectivity index (χ1v) is 7.43. The molecule has 23 heavy (non-hydrogen) atoms. The van der Waals surface area contributed by atoms with E-state index in [1.165, 1.54) is 0 Å². The van der Waals surface area contributed by atoms with Crippen LogP contribution in [0.3, 0.4) is 0 Å². The number of hydrogen-bond donors (Lipinski definition) is 4. The number of anilines is 1. The molecule has 6 heteroatoms. The third kappa shape index (κ3) is 3.23. The van der Waals surface area contributed by atoms with Gasteiger partial charge in [0.25, 0.3) is 0 Å². The highest BCUT2D eigenvalue weighted by atomic mass is 19.1. The zero-order valence-electron chi connectivity index (χ0n) is 13.0. The molecule has 1 saturated heterocycles. The second-order valence-corrected chi connectivity index (χ2v) is 5.61. The Kier molecular flexibility index (Phi) is 4.36. The van der Waals surface area contributed by atoms with E-state index in [1.54, 1.807) is 25.3 Å². The van der Waals surface area contributed by atoms with Crippen LogP contribution >= 0.6 is 0 Å². The van der Waals surface area contributed by atoms with Crippen LogP contribution in [0, 0.1) is 6.92 Å². The lowest BCUT2D eigenvalue weighted by molar-refractivity contribution is 0.288. The maximum atomic E-state index is 14.7. The summed E-state index contributed by atoms with van der Waals surface area (Å²) >= 11 is 0. The van der Waals surface area contributed by atoms with Crippen molar-refractivity contribution in [2.24, 2.45) is 0 Å². The number of phenolic OH excluding ortho intramolecular Hbond substituents is 1. The smallest absolute Gasteiger partial charge is 0.155 e. The lowest BCUT2D eigenvalue weighted by Crippen LogP contribution is -2.39. The third-order valence-electron chi connectivity index (χ3n) is 4.03. The van der Waals surface area contributed by atoms with Crippen LogP contribution in [0.4, 0.5) is 10.1 Å². The number of aryl methyl sites for hydroxylation is 1. The van der Waals surface area contributed by atoms with E-state index in [0.29, 0.717) is 0 Å². The van der Waals surface area contributed by atoms with Crippen molar-refractivity contribution >= 4 is 5.69 Å². The van der Waals surface area contributed by atoms with E-state index >= 15 is 0 Å². The monoisotopic (exact) mass is 317 g/mol. The molecule has 5 nitrogen and oxygen atoms in total. The molecule has 3 atom stereocenters. The van der Waals surface area contributed by atoms with Gasteiger partial charge in [-0.05, 0) is 48.4 Å². The summed E-state index contributed by atoms with van der Waals surface area (Å²) in [5.74, 6) is 0.933. The van der Waals surface area contributed by atoms with Crippen molar-refractivity contribution in [3.63, 3.8) is 0 Å². The molecule has 0 bridgehead atoms. The second kappa shape index (κ2) is 6.44. The number of methoxy groups -OCH3 is 1. The highest BCUT2D eigenvalue weighted by Gasteiger charge is 2.37. The molecule has 4 N–H and O–H groups in total. The Morgan fingerprint density at radius 3 is 2.52 bits per heavy atom. The average Bonchev–Trinajstić information content (AvgIpc) is 2.91. The van der Waals surface area contributed by atoms with Crippen LogP contribution in [0.5, 0.6) is 11.5 Å². The van der Waals surface area contributed by atoms with Gasteiger partial charge in [-0.1, -0.05) is 12.1 Å². The van der Waals surface area contributed by atoms with Crippen molar-refractivity contribution in [3.8, 4) is 11.5 Å². The maximum absolute atomic E-state index is 14.7. The van der Waals surface area contributed by atoms with Gasteiger partial charge in [-0.3, -0.25) is 0 Å². The van der Waals surface area contributed by atoms with E-state index in [2.05, 4.69) is 16.2 Å². The predicted molar refractivity (Wildman–Crippen MR) is 87.2 cm³/mol. The predicted octanol–water partition coefficient (Wildman–Crippen LogP) is 2.63. The molecule has 122 valence electrons. The SMILES string of the molecule is COc1ccc(C2NNC(Nc3ccc(O)cc3C)C2F)cc1. The number of hydrogen-bond acceptors (Lipinski definition) is 5. The van der Waals surface area contributed by atoms with Gasteiger partial charge in [-0.25, -0.2) is 15.2 Å². The minimum Gasteiger partial charge on any atom is -0.508 e. The lowest BCUT2D eigenvalue weighted by Gasteiger charge is -2.19. The van der Waals surface area contributed by atoms with E-state index in [9.17, 15) is 9.50 Å². The summed E-state index contributed by atoms with van der Waals surface area (Å²) in [6, 6.07) is 11.8. The van der Waals surface area contributed by atoms with Crippen LogP contribution in [0.1, 0.15) is 17.2 Å². The Balaban J connectivity index is 1.71. The van der Waals surface area contributed by atoms with Crippen LogP contribution in [0.2, 0.25) is 0 Å². The fraction of sp³-hybridized carbons (Fsp3) is 0.294. The Morgan fingerprint density at radius 2 is 1.87 bits per heavy atom. The molecule has 3 rings (SSSR count). The standard InChI is InChI=1S/C17H20FN3O2/c1-10-9-12(22)5-8-14(10)19-17-15(18)16(20-21-17)11-3-6-13(23-2)7-4-11/h3-9,15-17,19-22H,1-2H3. The number of ether oxygens (including phenoxy) is 1. The Morgan fingerprint density at radius 1 is 1.13 bits per heavy atom. The Hall–Kier alpha value is -2.31. The van der Waals surface area contributed by atoms with Gasteiger partial charge in [0.15, 0.2) is 6.17 Å². The molecule has 3 unspecified atom stereocenters. The zero-order valence-corrected chi connectivity index (χ0v) is 13.0. The van der Waals surface area contributed by atoms with Gasteiger partial charge in [0.1, 0.15) is 17.7 Å². The van der Waals surface area contributed by atoms with Gasteiger partial charge in [0, 0.05) is 5.69 Å². The molecule has 1 fully saturated rings. The summed E-state index contributed by atoms with van der Waals surface area (Å²) in [6.45, 7) is 1.86. The molecule has 1 aliphatic rings. The van der Waals surface area contributed by atoms with Crippen LogP contribution in [-0.4, -0.2) is 24.6 Å². The van der Waals surface area contributed by atoms with E-state index < -0.39 is 18.4 Å². The van der Waals surface area contributed by atoms with Crippen LogP contribution in [0.25, 0.3) is 0 Å². The first-order valence-electron chi connectivity index (χ1n) is 7.43. The summed E-state index contributed by atoms with van der Waals surface area (Å²) < 4.78 is 19.9. The molecule has 0 aliphatic carbocycles. The second-order valence-electron chi connectivity index (χ2n) is 5.61. The number of nitrogens with one attached hydrogen (secondary N) is 3. The van der Waals surface area contributed by atoms with Crippen molar-refractivity contribution in [1.82, 2.24) is 10.9 Å². The number of phenols is 1. The molecule has 2 aromatic rings. The van der Waals surface area contributed by atoms with Gasteiger partial charge >= 0.3 is 0 Å². The summed E-state index contributed by atoms with van der Waals surface area (Å²) in [5, 5.41) is 12.6. The quantitative estimate of drug-likeness (QED) is 0.653. The normalized spacial score (nSPS) is 23.7. The molecule has 0 saturated carbocycles. The molecule has 1 aliphatic heterocycles. The largest absolute Gasteiger partial charge is 0.508 e. The van der Waals surface area contributed by atoms with Gasteiger partial charge in [-0.15, -0.1) is 0 Å². The van der Waals surface area contributed by atoms with Gasteiger partial charge in [0.2, 0.25) is 0 Å². The minimum absolute atomic E-state index is 0.193. The Labute approximate surface area is 134 Å². The topological polar surface area (TPSA) is 65.5 Å². The summed E-state index contributed by atoms with van der Waals surface area (Å²) in [6.07, 6.45) is -1.72. The van der Waals surface area contributed by atoms with E-state index in [0.717, 1.165) is 22.6 Å². The first kappa shape index (κ1) is 15.6. The summed E-state index contributed by atoms with van der Waals surface area (Å²) in [5.41, 5.74) is 8.40. The minimum atomic E-state index is -1.16.